The molecule has 1 heterocycles. The third kappa shape index (κ3) is 3.15. The van der Waals surface area contributed by atoms with Crippen molar-refractivity contribution in [2.75, 3.05) is 31.7 Å². The van der Waals surface area contributed by atoms with Gasteiger partial charge in [0.1, 0.15) is 6.54 Å². The topological polar surface area (TPSA) is 84.7 Å². The van der Waals surface area contributed by atoms with Gasteiger partial charge in [0.2, 0.25) is 11.8 Å². The van der Waals surface area contributed by atoms with E-state index in [4.69, 9.17) is 10.5 Å². The molecule has 2 amide bonds. The highest BCUT2D eigenvalue weighted by Crippen LogP contribution is 2.26. The predicted molar refractivity (Wildman–Crippen MR) is 75.4 cm³/mol. The predicted octanol–water partition coefficient (Wildman–Crippen LogP) is -0.334. The number of ether oxygens (including phenoxy) is 1. The van der Waals surface area contributed by atoms with Gasteiger partial charge < -0.3 is 20.7 Å². The zero-order valence-corrected chi connectivity index (χ0v) is 11.5. The second-order valence-corrected chi connectivity index (χ2v) is 4.71. The molecule has 0 aromatic heterocycles. The number of methoxy groups -OCH3 is 1. The Morgan fingerprint density at radius 2 is 2.25 bits per heavy atom. The monoisotopic (exact) mass is 277 g/mol. The minimum absolute atomic E-state index is 0.0206. The molecule has 2 rings (SSSR count). The molecule has 0 radical (unpaired) electrons. The highest BCUT2D eigenvalue weighted by molar-refractivity contribution is 6.03. The van der Waals surface area contributed by atoms with Crippen LogP contribution in [0.25, 0.3) is 0 Å². The van der Waals surface area contributed by atoms with Crippen molar-refractivity contribution in [3.8, 4) is 0 Å². The Morgan fingerprint density at radius 1 is 1.50 bits per heavy atom. The Bertz CT molecular complexity index is 504. The minimum Gasteiger partial charge on any atom is -0.383 e. The van der Waals surface area contributed by atoms with E-state index < -0.39 is 6.04 Å². The number of hydrogen-bond acceptors (Lipinski definition) is 4. The van der Waals surface area contributed by atoms with Gasteiger partial charge in [-0.3, -0.25) is 9.59 Å². The number of rotatable bonds is 5. The number of fused-ring (bicyclic) bond motifs is 1. The molecule has 0 aliphatic carbocycles. The van der Waals surface area contributed by atoms with Crippen molar-refractivity contribution in [1.82, 2.24) is 5.32 Å². The van der Waals surface area contributed by atoms with Crippen LogP contribution in [0.2, 0.25) is 0 Å². The van der Waals surface area contributed by atoms with Crippen LogP contribution in [0, 0.1) is 0 Å². The lowest BCUT2D eigenvalue weighted by atomic mass is 9.98. The maximum Gasteiger partial charge on any atom is 0.244 e. The lowest BCUT2D eigenvalue weighted by Gasteiger charge is -2.32. The first-order chi connectivity index (χ1) is 9.63. The van der Waals surface area contributed by atoms with Crippen molar-refractivity contribution in [1.29, 1.82) is 0 Å². The second-order valence-electron chi connectivity index (χ2n) is 4.71. The fourth-order valence-electron chi connectivity index (χ4n) is 2.24. The summed E-state index contributed by atoms with van der Waals surface area (Å²) in [5.41, 5.74) is 7.59. The SMILES string of the molecule is COCCNC(=O)CN1C(=O)C(N)Cc2ccccc21. The molecule has 0 saturated heterocycles. The van der Waals surface area contributed by atoms with Crippen molar-refractivity contribution < 1.29 is 14.3 Å². The molecule has 6 nitrogen and oxygen atoms in total. The summed E-state index contributed by atoms with van der Waals surface area (Å²) in [6.07, 6.45) is 0.511. The van der Waals surface area contributed by atoms with Crippen LogP contribution in [0.4, 0.5) is 5.69 Å². The first-order valence-corrected chi connectivity index (χ1v) is 6.54. The molecule has 1 atom stereocenters. The summed E-state index contributed by atoms with van der Waals surface area (Å²) in [5, 5.41) is 2.70. The standard InChI is InChI=1S/C14H19N3O3/c1-20-7-6-16-13(18)9-17-12-5-3-2-4-10(12)8-11(15)14(17)19/h2-5,11H,6-9,15H2,1H3,(H,16,18). The van der Waals surface area contributed by atoms with E-state index in [9.17, 15) is 9.59 Å². The van der Waals surface area contributed by atoms with Crippen LogP contribution in [0.5, 0.6) is 0 Å². The normalized spacial score (nSPS) is 17.8. The molecular weight excluding hydrogens is 258 g/mol. The number of amides is 2. The van der Waals surface area contributed by atoms with Crippen molar-refractivity contribution in [3.05, 3.63) is 29.8 Å². The number of benzene rings is 1. The Balaban J connectivity index is 2.09. The number of para-hydroxylation sites is 1. The first kappa shape index (κ1) is 14.5. The zero-order valence-electron chi connectivity index (χ0n) is 11.5. The molecule has 6 heteroatoms. The second kappa shape index (κ2) is 6.49. The fourth-order valence-corrected chi connectivity index (χ4v) is 2.24. The van der Waals surface area contributed by atoms with Gasteiger partial charge >= 0.3 is 0 Å². The van der Waals surface area contributed by atoms with Gasteiger partial charge in [-0.1, -0.05) is 18.2 Å². The van der Waals surface area contributed by atoms with Gasteiger partial charge in [0, 0.05) is 19.3 Å². The molecule has 20 heavy (non-hydrogen) atoms. The Labute approximate surface area is 117 Å². The summed E-state index contributed by atoms with van der Waals surface area (Å²) >= 11 is 0. The Hall–Kier alpha value is -1.92. The maximum atomic E-state index is 12.1. The molecule has 1 unspecified atom stereocenters. The van der Waals surface area contributed by atoms with Gasteiger partial charge in [0.25, 0.3) is 0 Å². The van der Waals surface area contributed by atoms with E-state index in [1.165, 1.54) is 4.90 Å². The largest absolute Gasteiger partial charge is 0.383 e. The third-order valence-corrected chi connectivity index (χ3v) is 3.24. The number of carbonyl (C=O) groups is 2. The molecule has 108 valence electrons. The van der Waals surface area contributed by atoms with Gasteiger partial charge in [-0.25, -0.2) is 0 Å². The number of nitrogens with two attached hydrogens (primary N) is 1. The summed E-state index contributed by atoms with van der Waals surface area (Å²) in [6.45, 7) is 0.841. The molecule has 0 saturated carbocycles. The minimum atomic E-state index is -0.586. The molecule has 0 spiro atoms. The molecular formula is C14H19N3O3. The summed E-state index contributed by atoms with van der Waals surface area (Å²) in [4.78, 5) is 25.4. The van der Waals surface area contributed by atoms with Crippen LogP contribution in [-0.4, -0.2) is 44.7 Å². The van der Waals surface area contributed by atoms with Crippen LogP contribution in [0.15, 0.2) is 24.3 Å². The zero-order chi connectivity index (χ0) is 14.5. The molecule has 3 N–H and O–H groups in total. The van der Waals surface area contributed by atoms with Crippen LogP contribution < -0.4 is 16.0 Å². The Morgan fingerprint density at radius 3 is 3.00 bits per heavy atom. The highest BCUT2D eigenvalue weighted by Gasteiger charge is 2.31. The molecule has 1 aliphatic rings. The molecule has 1 aliphatic heterocycles. The summed E-state index contributed by atoms with van der Waals surface area (Å²) in [5.74, 6) is -0.440. The maximum absolute atomic E-state index is 12.1. The van der Waals surface area contributed by atoms with E-state index >= 15 is 0 Å². The van der Waals surface area contributed by atoms with Crippen molar-refractivity contribution in [3.63, 3.8) is 0 Å². The van der Waals surface area contributed by atoms with Crippen LogP contribution >= 0.6 is 0 Å². The van der Waals surface area contributed by atoms with Gasteiger partial charge in [0.15, 0.2) is 0 Å². The van der Waals surface area contributed by atoms with E-state index in [-0.39, 0.29) is 18.4 Å². The third-order valence-electron chi connectivity index (χ3n) is 3.24. The summed E-state index contributed by atoms with van der Waals surface area (Å²) in [6, 6.07) is 6.92. The lowest BCUT2D eigenvalue weighted by molar-refractivity contribution is -0.124. The number of hydrogen-bond donors (Lipinski definition) is 2. The average Bonchev–Trinajstić information content (AvgIpc) is 2.44. The van der Waals surface area contributed by atoms with Crippen molar-refractivity contribution in [2.45, 2.75) is 12.5 Å². The molecule has 0 bridgehead atoms. The van der Waals surface area contributed by atoms with E-state index in [1.54, 1.807) is 7.11 Å². The lowest BCUT2D eigenvalue weighted by Crippen LogP contribution is -2.52. The molecule has 0 fully saturated rings. The Kier molecular flexibility index (Phi) is 4.70. The number of carbonyl (C=O) groups excluding carboxylic acids is 2. The summed E-state index contributed by atoms with van der Waals surface area (Å²) < 4.78 is 4.86. The number of nitrogens with one attached hydrogen (secondary N) is 1. The van der Waals surface area contributed by atoms with Crippen molar-refractivity contribution >= 4 is 17.5 Å². The smallest absolute Gasteiger partial charge is 0.244 e. The van der Waals surface area contributed by atoms with Gasteiger partial charge in [-0.2, -0.15) is 0 Å². The highest BCUT2D eigenvalue weighted by atomic mass is 16.5. The van der Waals surface area contributed by atoms with E-state index in [0.717, 1.165) is 11.3 Å². The average molecular weight is 277 g/mol. The van der Waals surface area contributed by atoms with Crippen LogP contribution in [-0.2, 0) is 20.7 Å². The summed E-state index contributed by atoms with van der Waals surface area (Å²) in [7, 11) is 1.57. The van der Waals surface area contributed by atoms with E-state index in [0.29, 0.717) is 19.6 Å². The molecule has 1 aromatic rings. The van der Waals surface area contributed by atoms with E-state index in [2.05, 4.69) is 5.32 Å². The fraction of sp³-hybridized carbons (Fsp3) is 0.429. The molecule has 1 aromatic carbocycles. The quantitative estimate of drug-likeness (QED) is 0.722. The first-order valence-electron chi connectivity index (χ1n) is 6.54. The number of nitrogens with zero attached hydrogens (tertiary/aromatic N) is 1. The number of anilines is 1. The van der Waals surface area contributed by atoms with Crippen molar-refractivity contribution in [2.24, 2.45) is 5.73 Å². The van der Waals surface area contributed by atoms with Gasteiger partial charge in [0.05, 0.1) is 12.6 Å². The van der Waals surface area contributed by atoms with E-state index in [1.807, 2.05) is 24.3 Å². The van der Waals surface area contributed by atoms with Gasteiger partial charge in [-0.05, 0) is 18.1 Å². The van der Waals surface area contributed by atoms with Crippen LogP contribution in [0.3, 0.4) is 0 Å². The van der Waals surface area contributed by atoms with Crippen LogP contribution in [0.1, 0.15) is 5.56 Å². The van der Waals surface area contributed by atoms with Gasteiger partial charge in [-0.15, -0.1) is 0 Å².